The number of nitrogens with one attached hydrogen (secondary N) is 1. The van der Waals surface area contributed by atoms with Crippen molar-refractivity contribution in [2.24, 2.45) is 0 Å². The maximum atomic E-state index is 12.7. The lowest BCUT2D eigenvalue weighted by molar-refractivity contribution is 0.0949. The van der Waals surface area contributed by atoms with Crippen LogP contribution in [0.25, 0.3) is 0 Å². The van der Waals surface area contributed by atoms with Gasteiger partial charge in [0, 0.05) is 18.7 Å². The lowest BCUT2D eigenvalue weighted by Gasteiger charge is -2.17. The molecule has 1 aromatic rings. The van der Waals surface area contributed by atoms with E-state index < -0.39 is 0 Å². The number of carbonyl (C=O) groups excluding carboxylic acids is 1. The fourth-order valence-corrected chi connectivity index (χ4v) is 1.57. The Morgan fingerprint density at radius 2 is 1.82 bits per heavy atom. The zero-order valence-electron chi connectivity index (χ0n) is 10.4. The highest BCUT2D eigenvalue weighted by molar-refractivity contribution is 5.94. The highest BCUT2D eigenvalue weighted by Gasteiger charge is 2.05. The molecule has 0 heterocycles. The van der Waals surface area contributed by atoms with Crippen molar-refractivity contribution < 1.29 is 9.18 Å². The predicted molar refractivity (Wildman–Crippen MR) is 66.5 cm³/mol. The summed E-state index contributed by atoms with van der Waals surface area (Å²) in [5, 5.41) is 2.81. The zero-order chi connectivity index (χ0) is 12.7. The van der Waals surface area contributed by atoms with Gasteiger partial charge in [0.2, 0.25) is 0 Å². The SMILES string of the molecule is CCN(CC)CCNC(=O)c1ccc(F)cc1. The minimum Gasteiger partial charge on any atom is -0.351 e. The highest BCUT2D eigenvalue weighted by Crippen LogP contribution is 2.02. The van der Waals surface area contributed by atoms with Gasteiger partial charge in [0.25, 0.3) is 5.91 Å². The van der Waals surface area contributed by atoms with Crippen LogP contribution in [0.1, 0.15) is 24.2 Å². The maximum absolute atomic E-state index is 12.7. The molecular weight excluding hydrogens is 219 g/mol. The Bertz CT molecular complexity index is 347. The first-order valence-electron chi connectivity index (χ1n) is 5.93. The molecule has 0 aromatic heterocycles. The van der Waals surface area contributed by atoms with Crippen LogP contribution in [-0.2, 0) is 0 Å². The van der Waals surface area contributed by atoms with E-state index in [1.54, 1.807) is 0 Å². The second kappa shape index (κ2) is 7.01. The van der Waals surface area contributed by atoms with E-state index in [1.165, 1.54) is 24.3 Å². The average Bonchev–Trinajstić information content (AvgIpc) is 2.35. The third kappa shape index (κ3) is 4.53. The van der Waals surface area contributed by atoms with Gasteiger partial charge in [-0.15, -0.1) is 0 Å². The second-order valence-electron chi connectivity index (χ2n) is 3.79. The number of carbonyl (C=O) groups is 1. The molecule has 0 bridgehead atoms. The van der Waals surface area contributed by atoms with Gasteiger partial charge < -0.3 is 10.2 Å². The number of amides is 1. The van der Waals surface area contributed by atoms with Crippen molar-refractivity contribution in [2.75, 3.05) is 26.2 Å². The van der Waals surface area contributed by atoms with E-state index in [0.717, 1.165) is 19.6 Å². The molecule has 1 rings (SSSR count). The second-order valence-corrected chi connectivity index (χ2v) is 3.79. The van der Waals surface area contributed by atoms with Crippen LogP contribution in [-0.4, -0.2) is 37.0 Å². The Balaban J connectivity index is 2.37. The van der Waals surface area contributed by atoms with Gasteiger partial charge in [-0.25, -0.2) is 4.39 Å². The first-order valence-corrected chi connectivity index (χ1v) is 5.93. The summed E-state index contributed by atoms with van der Waals surface area (Å²) in [6.45, 7) is 7.57. The highest BCUT2D eigenvalue weighted by atomic mass is 19.1. The van der Waals surface area contributed by atoms with Crippen LogP contribution in [0.4, 0.5) is 4.39 Å². The van der Waals surface area contributed by atoms with Crippen molar-refractivity contribution in [3.05, 3.63) is 35.6 Å². The van der Waals surface area contributed by atoms with E-state index in [2.05, 4.69) is 24.1 Å². The normalized spacial score (nSPS) is 10.6. The molecule has 0 unspecified atom stereocenters. The van der Waals surface area contributed by atoms with Crippen molar-refractivity contribution in [1.82, 2.24) is 10.2 Å². The van der Waals surface area contributed by atoms with Crippen LogP contribution < -0.4 is 5.32 Å². The van der Waals surface area contributed by atoms with Crippen LogP contribution in [0.5, 0.6) is 0 Å². The average molecular weight is 238 g/mol. The van der Waals surface area contributed by atoms with Gasteiger partial charge in [-0.05, 0) is 37.4 Å². The maximum Gasteiger partial charge on any atom is 0.251 e. The largest absolute Gasteiger partial charge is 0.351 e. The lowest BCUT2D eigenvalue weighted by atomic mass is 10.2. The quantitative estimate of drug-likeness (QED) is 0.821. The number of halogens is 1. The Morgan fingerprint density at radius 1 is 1.24 bits per heavy atom. The molecule has 1 amide bonds. The summed E-state index contributed by atoms with van der Waals surface area (Å²) in [7, 11) is 0. The summed E-state index contributed by atoms with van der Waals surface area (Å²) < 4.78 is 12.7. The summed E-state index contributed by atoms with van der Waals surface area (Å²) in [6.07, 6.45) is 0. The first-order chi connectivity index (χ1) is 8.17. The van der Waals surface area contributed by atoms with E-state index >= 15 is 0 Å². The Hall–Kier alpha value is -1.42. The van der Waals surface area contributed by atoms with Crippen molar-refractivity contribution in [2.45, 2.75) is 13.8 Å². The Kier molecular flexibility index (Phi) is 5.63. The standard InChI is InChI=1S/C13H19FN2O/c1-3-16(4-2)10-9-15-13(17)11-5-7-12(14)8-6-11/h5-8H,3-4,9-10H2,1-2H3,(H,15,17). The molecule has 17 heavy (non-hydrogen) atoms. The van der Waals surface area contributed by atoms with E-state index in [4.69, 9.17) is 0 Å². The molecule has 1 N–H and O–H groups in total. The van der Waals surface area contributed by atoms with Gasteiger partial charge >= 0.3 is 0 Å². The summed E-state index contributed by atoms with van der Waals surface area (Å²) in [5.41, 5.74) is 0.492. The number of rotatable bonds is 6. The molecule has 0 aliphatic carbocycles. The topological polar surface area (TPSA) is 32.3 Å². The number of nitrogens with zero attached hydrogens (tertiary/aromatic N) is 1. The molecule has 0 radical (unpaired) electrons. The van der Waals surface area contributed by atoms with Crippen LogP contribution in [0.15, 0.2) is 24.3 Å². The summed E-state index contributed by atoms with van der Waals surface area (Å²) >= 11 is 0. The van der Waals surface area contributed by atoms with E-state index in [9.17, 15) is 9.18 Å². The number of hydrogen-bond acceptors (Lipinski definition) is 2. The van der Waals surface area contributed by atoms with Gasteiger partial charge in [0.1, 0.15) is 5.82 Å². The Labute approximate surface area is 102 Å². The molecule has 1 aromatic carbocycles. The summed E-state index contributed by atoms with van der Waals surface area (Å²) in [6, 6.07) is 5.56. The molecule has 0 atom stereocenters. The molecule has 0 aliphatic heterocycles. The summed E-state index contributed by atoms with van der Waals surface area (Å²) in [4.78, 5) is 13.9. The molecule has 0 saturated carbocycles. The van der Waals surface area contributed by atoms with Crippen LogP contribution in [0, 0.1) is 5.82 Å². The third-order valence-corrected chi connectivity index (χ3v) is 2.71. The van der Waals surface area contributed by atoms with Crippen molar-refractivity contribution in [1.29, 1.82) is 0 Å². The lowest BCUT2D eigenvalue weighted by Crippen LogP contribution is -2.34. The minimum atomic E-state index is -0.329. The van der Waals surface area contributed by atoms with Crippen molar-refractivity contribution in [3.8, 4) is 0 Å². The van der Waals surface area contributed by atoms with Gasteiger partial charge in [-0.3, -0.25) is 4.79 Å². The minimum absolute atomic E-state index is 0.155. The smallest absolute Gasteiger partial charge is 0.251 e. The molecular formula is C13H19FN2O. The third-order valence-electron chi connectivity index (χ3n) is 2.71. The van der Waals surface area contributed by atoms with Crippen LogP contribution in [0.2, 0.25) is 0 Å². The predicted octanol–water partition coefficient (Wildman–Crippen LogP) is 1.90. The van der Waals surface area contributed by atoms with E-state index in [0.29, 0.717) is 12.1 Å². The van der Waals surface area contributed by atoms with Crippen LogP contribution >= 0.6 is 0 Å². The molecule has 0 fully saturated rings. The van der Waals surface area contributed by atoms with E-state index in [-0.39, 0.29) is 11.7 Å². The Morgan fingerprint density at radius 3 is 2.35 bits per heavy atom. The van der Waals surface area contributed by atoms with Crippen molar-refractivity contribution in [3.63, 3.8) is 0 Å². The van der Waals surface area contributed by atoms with Crippen LogP contribution in [0.3, 0.4) is 0 Å². The molecule has 4 heteroatoms. The van der Waals surface area contributed by atoms with Gasteiger partial charge in [0.05, 0.1) is 0 Å². The fourth-order valence-electron chi connectivity index (χ4n) is 1.57. The molecule has 0 saturated heterocycles. The molecule has 0 spiro atoms. The van der Waals surface area contributed by atoms with Gasteiger partial charge in [0.15, 0.2) is 0 Å². The number of hydrogen-bond donors (Lipinski definition) is 1. The van der Waals surface area contributed by atoms with E-state index in [1.807, 2.05) is 0 Å². The van der Waals surface area contributed by atoms with Gasteiger partial charge in [-0.2, -0.15) is 0 Å². The molecule has 94 valence electrons. The van der Waals surface area contributed by atoms with Gasteiger partial charge in [-0.1, -0.05) is 13.8 Å². The fraction of sp³-hybridized carbons (Fsp3) is 0.462. The molecule has 3 nitrogen and oxygen atoms in total. The summed E-state index contributed by atoms with van der Waals surface area (Å²) in [5.74, 6) is -0.484. The number of benzene rings is 1. The monoisotopic (exact) mass is 238 g/mol. The van der Waals surface area contributed by atoms with Crippen molar-refractivity contribution >= 4 is 5.91 Å². The number of likely N-dealkylation sites (N-methyl/N-ethyl adjacent to an activating group) is 1. The zero-order valence-corrected chi connectivity index (χ0v) is 10.4. The first kappa shape index (κ1) is 13.6. The molecule has 0 aliphatic rings.